The zero-order valence-corrected chi connectivity index (χ0v) is 24.4. The van der Waals surface area contributed by atoms with Crippen molar-refractivity contribution < 1.29 is 19.0 Å². The summed E-state index contributed by atoms with van der Waals surface area (Å²) in [6.45, 7) is 9.85. The molecule has 2 aliphatic rings. The van der Waals surface area contributed by atoms with Gasteiger partial charge < -0.3 is 29.3 Å². The fourth-order valence-electron chi connectivity index (χ4n) is 5.53. The smallest absolute Gasteiger partial charge is 0.410 e. The van der Waals surface area contributed by atoms with Crippen molar-refractivity contribution in [3.63, 3.8) is 0 Å². The van der Waals surface area contributed by atoms with Crippen LogP contribution in [0, 0.1) is 6.92 Å². The van der Waals surface area contributed by atoms with Crippen LogP contribution in [0.25, 0.3) is 16.6 Å². The third-order valence-corrected chi connectivity index (χ3v) is 7.52. The largest absolute Gasteiger partial charge is 0.488 e. The Morgan fingerprint density at radius 3 is 2.77 bits per heavy atom. The number of piperazine rings is 1. The summed E-state index contributed by atoms with van der Waals surface area (Å²) in [6.07, 6.45) is 4.58. The van der Waals surface area contributed by atoms with Crippen molar-refractivity contribution in [1.82, 2.24) is 29.5 Å². The normalized spacial score (nSPS) is 16.4. The molecule has 3 aromatic heterocycles. The van der Waals surface area contributed by atoms with E-state index in [9.17, 15) is 4.79 Å². The van der Waals surface area contributed by atoms with Crippen LogP contribution in [0.15, 0.2) is 61.3 Å². The summed E-state index contributed by atoms with van der Waals surface area (Å²) in [5, 5.41) is 8.41. The summed E-state index contributed by atoms with van der Waals surface area (Å²) in [5.74, 6) is 2.81. The molecule has 220 valence electrons. The number of benzene rings is 2. The molecule has 0 radical (unpaired) electrons. The number of anilines is 3. The Morgan fingerprint density at radius 1 is 1.05 bits per heavy atom. The molecule has 1 N–H and O–H groups in total. The lowest BCUT2D eigenvalue weighted by atomic mass is 10.1. The summed E-state index contributed by atoms with van der Waals surface area (Å²) in [7, 11) is 0. The molecule has 5 aromatic rings. The van der Waals surface area contributed by atoms with Gasteiger partial charge in [-0.25, -0.2) is 24.3 Å². The standard InChI is InChI=1S/C31H32N8O4/c1-19-13-20(5-8-25(19)42-22-9-10-39-26(14-22)33-18-35-39)36-29-27-23(32-17-34-29)6-7-24-28(27)41-16-21-15-37(11-12-38(21)24)30(40)43-31(2,3)4/h5-10,13-14,17-18,21H,11-12,15-16H2,1-4H3,(H,32,34,36)/t21-/m1/s1. The van der Waals surface area contributed by atoms with E-state index in [1.807, 2.05) is 76.4 Å². The van der Waals surface area contributed by atoms with Crippen molar-refractivity contribution in [1.29, 1.82) is 0 Å². The van der Waals surface area contributed by atoms with Crippen LogP contribution in [0.2, 0.25) is 0 Å². The molecule has 1 fully saturated rings. The molecule has 0 bridgehead atoms. The van der Waals surface area contributed by atoms with Gasteiger partial charge in [-0.1, -0.05) is 0 Å². The monoisotopic (exact) mass is 580 g/mol. The Kier molecular flexibility index (Phi) is 6.41. The maximum Gasteiger partial charge on any atom is 0.410 e. The SMILES string of the molecule is Cc1cc(Nc2ncnc3ccc4c(c23)OC[C@H]2CN(C(=O)OC(C)(C)C)CCN42)ccc1Oc1ccn2ncnc2c1. The summed E-state index contributed by atoms with van der Waals surface area (Å²) >= 11 is 0. The van der Waals surface area contributed by atoms with Crippen molar-refractivity contribution in [2.24, 2.45) is 0 Å². The lowest BCUT2D eigenvalue weighted by Gasteiger charge is -2.45. The van der Waals surface area contributed by atoms with Crippen LogP contribution in [-0.4, -0.2) is 73.4 Å². The van der Waals surface area contributed by atoms with Gasteiger partial charge in [-0.2, -0.15) is 5.10 Å². The number of hydrogen-bond acceptors (Lipinski definition) is 10. The first-order chi connectivity index (χ1) is 20.7. The quantitative estimate of drug-likeness (QED) is 0.299. The van der Waals surface area contributed by atoms with Crippen molar-refractivity contribution in [3.8, 4) is 17.2 Å². The average Bonchev–Trinajstić information content (AvgIpc) is 3.45. The number of carbonyl (C=O) groups excluding carboxylic acids is 1. The maximum atomic E-state index is 12.7. The van der Waals surface area contributed by atoms with Crippen molar-refractivity contribution in [2.75, 3.05) is 36.5 Å². The van der Waals surface area contributed by atoms with Gasteiger partial charge in [-0.15, -0.1) is 0 Å². The first kappa shape index (κ1) is 26.7. The van der Waals surface area contributed by atoms with Crippen LogP contribution in [0.1, 0.15) is 26.3 Å². The average molecular weight is 581 g/mol. The Hall–Kier alpha value is -5.13. The minimum absolute atomic E-state index is 0.0212. The molecular weight excluding hydrogens is 548 g/mol. The fourth-order valence-corrected chi connectivity index (χ4v) is 5.53. The zero-order chi connectivity index (χ0) is 29.7. The van der Waals surface area contributed by atoms with E-state index in [2.05, 4.69) is 30.3 Å². The van der Waals surface area contributed by atoms with Gasteiger partial charge in [0.25, 0.3) is 0 Å². The number of ether oxygens (including phenoxy) is 3. The van der Waals surface area contributed by atoms with E-state index < -0.39 is 5.60 Å². The van der Waals surface area contributed by atoms with Crippen molar-refractivity contribution in [2.45, 2.75) is 39.3 Å². The number of nitrogens with one attached hydrogen (secondary N) is 1. The molecule has 5 heterocycles. The van der Waals surface area contributed by atoms with E-state index >= 15 is 0 Å². The molecule has 12 nitrogen and oxygen atoms in total. The molecule has 2 aromatic carbocycles. The Labute approximate surface area is 248 Å². The first-order valence-electron chi connectivity index (χ1n) is 14.2. The predicted molar refractivity (Wildman–Crippen MR) is 161 cm³/mol. The molecule has 1 atom stereocenters. The van der Waals surface area contributed by atoms with Crippen LogP contribution in [-0.2, 0) is 4.74 Å². The van der Waals surface area contributed by atoms with Crippen LogP contribution in [0.5, 0.6) is 17.2 Å². The van der Waals surface area contributed by atoms with Gasteiger partial charge in [-0.3, -0.25) is 0 Å². The molecule has 0 spiro atoms. The Balaban J connectivity index is 1.12. The second-order valence-corrected chi connectivity index (χ2v) is 11.7. The van der Waals surface area contributed by atoms with E-state index in [0.717, 1.165) is 39.3 Å². The molecule has 0 aliphatic carbocycles. The third-order valence-electron chi connectivity index (χ3n) is 7.52. The number of aromatic nitrogens is 5. The van der Waals surface area contributed by atoms with Gasteiger partial charge >= 0.3 is 6.09 Å². The van der Waals surface area contributed by atoms with Gasteiger partial charge in [0.1, 0.15) is 42.2 Å². The molecule has 1 saturated heterocycles. The number of fused-ring (bicyclic) bond motifs is 6. The van der Waals surface area contributed by atoms with Gasteiger partial charge in [0.05, 0.1) is 22.6 Å². The van der Waals surface area contributed by atoms with Crippen molar-refractivity contribution in [3.05, 3.63) is 66.9 Å². The second kappa shape index (κ2) is 10.3. The first-order valence-corrected chi connectivity index (χ1v) is 14.2. The summed E-state index contributed by atoms with van der Waals surface area (Å²) in [5.41, 5.74) is 3.73. The topological polar surface area (TPSA) is 119 Å². The fraction of sp³-hybridized carbons (Fsp3) is 0.323. The van der Waals surface area contributed by atoms with Crippen molar-refractivity contribution >= 4 is 39.8 Å². The molecule has 0 unspecified atom stereocenters. The molecule has 1 amide bonds. The summed E-state index contributed by atoms with van der Waals surface area (Å²) < 4.78 is 19.8. The maximum absolute atomic E-state index is 12.7. The minimum Gasteiger partial charge on any atom is -0.488 e. The number of carbonyl (C=O) groups is 1. The van der Waals surface area contributed by atoms with Gasteiger partial charge in [0.2, 0.25) is 0 Å². The molecule has 7 rings (SSSR count). The Morgan fingerprint density at radius 2 is 1.93 bits per heavy atom. The van der Waals surface area contributed by atoms with E-state index in [0.29, 0.717) is 43.5 Å². The highest BCUT2D eigenvalue weighted by atomic mass is 16.6. The minimum atomic E-state index is -0.536. The van der Waals surface area contributed by atoms with Crippen LogP contribution < -0.4 is 19.7 Å². The lowest BCUT2D eigenvalue weighted by Crippen LogP contribution is -2.59. The zero-order valence-electron chi connectivity index (χ0n) is 24.4. The van der Waals surface area contributed by atoms with Gasteiger partial charge in [0.15, 0.2) is 11.4 Å². The number of nitrogens with zero attached hydrogens (tertiary/aromatic N) is 7. The Bertz CT molecular complexity index is 1850. The van der Waals surface area contributed by atoms with Crippen LogP contribution >= 0.6 is 0 Å². The number of rotatable bonds is 4. The van der Waals surface area contributed by atoms with Crippen LogP contribution in [0.4, 0.5) is 22.0 Å². The van der Waals surface area contributed by atoms with E-state index in [-0.39, 0.29) is 12.1 Å². The number of amides is 1. The van der Waals surface area contributed by atoms with E-state index in [1.54, 1.807) is 15.7 Å². The van der Waals surface area contributed by atoms with E-state index in [4.69, 9.17) is 14.2 Å². The van der Waals surface area contributed by atoms with Gasteiger partial charge in [-0.05, 0) is 69.7 Å². The lowest BCUT2D eigenvalue weighted by molar-refractivity contribution is 0.0195. The summed E-state index contributed by atoms with van der Waals surface area (Å²) in [4.78, 5) is 30.1. The molecular formula is C31H32N8O4. The van der Waals surface area contributed by atoms with E-state index in [1.165, 1.54) is 6.33 Å². The molecule has 2 aliphatic heterocycles. The highest BCUT2D eigenvalue weighted by Crippen LogP contribution is 2.43. The summed E-state index contributed by atoms with van der Waals surface area (Å²) in [6, 6.07) is 13.6. The number of hydrogen-bond donors (Lipinski definition) is 1. The molecule has 43 heavy (non-hydrogen) atoms. The molecule has 0 saturated carbocycles. The number of pyridine rings is 1. The number of aryl methyl sites for hydroxylation is 1. The highest BCUT2D eigenvalue weighted by Gasteiger charge is 2.37. The second-order valence-electron chi connectivity index (χ2n) is 11.7. The predicted octanol–water partition coefficient (Wildman–Crippen LogP) is 5.33. The van der Waals surface area contributed by atoms with Crippen LogP contribution in [0.3, 0.4) is 0 Å². The third kappa shape index (κ3) is 5.20. The highest BCUT2D eigenvalue weighted by molar-refractivity contribution is 6.00. The molecule has 12 heteroatoms. The van der Waals surface area contributed by atoms with Gasteiger partial charge in [0, 0.05) is 37.6 Å².